The largest absolute Gasteiger partial charge is 0.381 e. The van der Waals surface area contributed by atoms with Crippen molar-refractivity contribution < 1.29 is 9.53 Å². The van der Waals surface area contributed by atoms with Gasteiger partial charge in [-0.1, -0.05) is 11.6 Å². The van der Waals surface area contributed by atoms with E-state index in [2.05, 4.69) is 4.90 Å². The molecule has 2 rings (SSSR count). The maximum Gasteiger partial charge on any atom is 0.264 e. The molecule has 0 saturated carbocycles. The number of carbonyl (C=O) groups is 1. The lowest BCUT2D eigenvalue weighted by molar-refractivity contribution is 0.0279. The number of nitrogens with zero attached hydrogens (tertiary/aromatic N) is 2. The minimum atomic E-state index is 0.0932. The second-order valence-corrected chi connectivity index (χ2v) is 6.96. The van der Waals surface area contributed by atoms with Crippen LogP contribution in [0.3, 0.4) is 0 Å². The van der Waals surface area contributed by atoms with Crippen molar-refractivity contribution in [1.29, 1.82) is 0 Å². The molecule has 0 spiro atoms. The highest BCUT2D eigenvalue weighted by Gasteiger charge is 2.27. The van der Waals surface area contributed by atoms with Crippen LogP contribution in [0.5, 0.6) is 0 Å². The zero-order valence-electron chi connectivity index (χ0n) is 12.0. The SMILES string of the molecule is CN(C)CCN(C(=O)c1ccc(Cl)s1)C1CCOCC1. The highest BCUT2D eigenvalue weighted by molar-refractivity contribution is 7.17. The second-order valence-electron chi connectivity index (χ2n) is 5.25. The van der Waals surface area contributed by atoms with Crippen LogP contribution in [0, 0.1) is 0 Å². The Morgan fingerprint density at radius 2 is 2.05 bits per heavy atom. The summed E-state index contributed by atoms with van der Waals surface area (Å²) in [6, 6.07) is 3.88. The molecule has 0 aliphatic carbocycles. The van der Waals surface area contributed by atoms with Crippen molar-refractivity contribution in [1.82, 2.24) is 9.80 Å². The molecule has 20 heavy (non-hydrogen) atoms. The van der Waals surface area contributed by atoms with Crippen molar-refractivity contribution in [3.05, 3.63) is 21.3 Å². The highest BCUT2D eigenvalue weighted by Crippen LogP contribution is 2.25. The summed E-state index contributed by atoms with van der Waals surface area (Å²) < 4.78 is 6.06. The van der Waals surface area contributed by atoms with Gasteiger partial charge in [0.2, 0.25) is 0 Å². The third-order valence-corrected chi connectivity index (χ3v) is 4.68. The summed E-state index contributed by atoms with van der Waals surface area (Å²) >= 11 is 7.29. The van der Waals surface area contributed by atoms with Crippen LogP contribution in [0.15, 0.2) is 12.1 Å². The summed E-state index contributed by atoms with van der Waals surface area (Å²) in [6.45, 7) is 3.08. The molecule has 0 bridgehead atoms. The first-order valence-electron chi connectivity index (χ1n) is 6.86. The first-order valence-corrected chi connectivity index (χ1v) is 8.06. The molecule has 0 aromatic carbocycles. The summed E-state index contributed by atoms with van der Waals surface area (Å²) in [7, 11) is 4.04. The summed E-state index contributed by atoms with van der Waals surface area (Å²) in [4.78, 5) is 17.5. The topological polar surface area (TPSA) is 32.8 Å². The van der Waals surface area contributed by atoms with Crippen LogP contribution in [0.25, 0.3) is 0 Å². The van der Waals surface area contributed by atoms with Crippen molar-refractivity contribution in [2.45, 2.75) is 18.9 Å². The summed E-state index contributed by atoms with van der Waals surface area (Å²) in [5.41, 5.74) is 0. The molecular weight excluding hydrogens is 296 g/mol. The van der Waals surface area contributed by atoms with E-state index in [1.54, 1.807) is 6.07 Å². The first-order chi connectivity index (χ1) is 9.58. The lowest BCUT2D eigenvalue weighted by atomic mass is 10.1. The van der Waals surface area contributed by atoms with Gasteiger partial charge in [-0.3, -0.25) is 4.79 Å². The van der Waals surface area contributed by atoms with Gasteiger partial charge in [0.15, 0.2) is 0 Å². The predicted molar refractivity (Wildman–Crippen MR) is 82.8 cm³/mol. The number of ether oxygens (including phenoxy) is 1. The van der Waals surface area contributed by atoms with Gasteiger partial charge in [-0.15, -0.1) is 11.3 Å². The second kappa shape index (κ2) is 7.41. The van der Waals surface area contributed by atoms with Crippen LogP contribution in [-0.2, 0) is 4.74 Å². The van der Waals surface area contributed by atoms with Crippen LogP contribution in [-0.4, -0.2) is 62.1 Å². The molecule has 1 aliphatic rings. The average Bonchev–Trinajstić information content (AvgIpc) is 2.86. The van der Waals surface area contributed by atoms with Gasteiger partial charge < -0.3 is 14.5 Å². The van der Waals surface area contributed by atoms with E-state index in [0.717, 1.165) is 44.0 Å². The molecule has 1 amide bonds. The van der Waals surface area contributed by atoms with E-state index >= 15 is 0 Å². The lowest BCUT2D eigenvalue weighted by Gasteiger charge is -2.34. The van der Waals surface area contributed by atoms with Crippen molar-refractivity contribution in [3.63, 3.8) is 0 Å². The van der Waals surface area contributed by atoms with E-state index in [-0.39, 0.29) is 11.9 Å². The van der Waals surface area contributed by atoms with Gasteiger partial charge in [0.25, 0.3) is 5.91 Å². The number of halogens is 1. The molecule has 0 atom stereocenters. The Bertz CT molecular complexity index is 444. The van der Waals surface area contributed by atoms with E-state index in [4.69, 9.17) is 16.3 Å². The number of hydrogen-bond donors (Lipinski definition) is 0. The van der Waals surface area contributed by atoms with Gasteiger partial charge in [0.1, 0.15) is 0 Å². The third-order valence-electron chi connectivity index (χ3n) is 3.46. The fourth-order valence-corrected chi connectivity index (χ4v) is 3.32. The standard InChI is InChI=1S/C14H21ClN2O2S/c1-16(2)7-8-17(11-5-9-19-10-6-11)14(18)12-3-4-13(15)20-12/h3-4,11H,5-10H2,1-2H3. The van der Waals surface area contributed by atoms with Crippen LogP contribution in [0.1, 0.15) is 22.5 Å². The normalized spacial score (nSPS) is 16.6. The molecule has 0 N–H and O–H groups in total. The minimum Gasteiger partial charge on any atom is -0.381 e. The van der Waals surface area contributed by atoms with Gasteiger partial charge in [-0.25, -0.2) is 0 Å². The Kier molecular flexibility index (Phi) is 5.84. The van der Waals surface area contributed by atoms with Gasteiger partial charge in [-0.05, 0) is 39.1 Å². The Labute approximate surface area is 129 Å². The Morgan fingerprint density at radius 3 is 2.60 bits per heavy atom. The van der Waals surface area contributed by atoms with Crippen molar-refractivity contribution in [3.8, 4) is 0 Å². The fraction of sp³-hybridized carbons (Fsp3) is 0.643. The number of hydrogen-bond acceptors (Lipinski definition) is 4. The molecule has 1 aromatic heterocycles. The molecule has 2 heterocycles. The molecule has 1 aromatic rings. The molecule has 6 heteroatoms. The molecular formula is C14H21ClN2O2S. The van der Waals surface area contributed by atoms with Crippen LogP contribution < -0.4 is 0 Å². The fourth-order valence-electron chi connectivity index (χ4n) is 2.33. The number of thiophene rings is 1. The summed E-state index contributed by atoms with van der Waals surface area (Å²) in [5, 5.41) is 0. The van der Waals surface area contributed by atoms with Gasteiger partial charge in [0, 0.05) is 32.3 Å². The molecule has 112 valence electrons. The summed E-state index contributed by atoms with van der Waals surface area (Å²) in [6.07, 6.45) is 1.83. The molecule has 0 radical (unpaired) electrons. The van der Waals surface area contributed by atoms with E-state index in [9.17, 15) is 4.79 Å². The van der Waals surface area contributed by atoms with Crippen molar-refractivity contribution in [2.75, 3.05) is 40.4 Å². The molecule has 1 saturated heterocycles. The van der Waals surface area contributed by atoms with Crippen molar-refractivity contribution >= 4 is 28.8 Å². The van der Waals surface area contributed by atoms with Crippen LogP contribution >= 0.6 is 22.9 Å². The monoisotopic (exact) mass is 316 g/mol. The minimum absolute atomic E-state index is 0.0932. The van der Waals surface area contributed by atoms with E-state index in [0.29, 0.717) is 4.34 Å². The van der Waals surface area contributed by atoms with E-state index in [1.807, 2.05) is 25.1 Å². The Morgan fingerprint density at radius 1 is 1.35 bits per heavy atom. The lowest BCUT2D eigenvalue weighted by Crippen LogP contribution is -2.46. The number of amides is 1. The molecule has 1 aliphatic heterocycles. The maximum atomic E-state index is 12.7. The van der Waals surface area contributed by atoms with Gasteiger partial charge in [0.05, 0.1) is 9.21 Å². The van der Waals surface area contributed by atoms with E-state index < -0.39 is 0 Å². The predicted octanol–water partition coefficient (Wildman–Crippen LogP) is 2.58. The number of likely N-dealkylation sites (N-methyl/N-ethyl adjacent to an activating group) is 1. The van der Waals surface area contributed by atoms with Crippen molar-refractivity contribution in [2.24, 2.45) is 0 Å². The smallest absolute Gasteiger partial charge is 0.264 e. The van der Waals surface area contributed by atoms with Gasteiger partial charge >= 0.3 is 0 Å². The highest BCUT2D eigenvalue weighted by atomic mass is 35.5. The molecule has 0 unspecified atom stereocenters. The average molecular weight is 317 g/mol. The van der Waals surface area contributed by atoms with Crippen LogP contribution in [0.2, 0.25) is 4.34 Å². The van der Waals surface area contributed by atoms with E-state index in [1.165, 1.54) is 11.3 Å². The first kappa shape index (κ1) is 15.8. The third kappa shape index (κ3) is 4.19. The molecule has 1 fully saturated rings. The molecule has 4 nitrogen and oxygen atoms in total. The Hall–Kier alpha value is -0.620. The maximum absolute atomic E-state index is 12.7. The quantitative estimate of drug-likeness (QED) is 0.837. The number of rotatable bonds is 5. The number of carbonyl (C=O) groups excluding carboxylic acids is 1. The Balaban J connectivity index is 2.09. The zero-order valence-corrected chi connectivity index (χ0v) is 13.5. The van der Waals surface area contributed by atoms with Gasteiger partial charge in [-0.2, -0.15) is 0 Å². The zero-order chi connectivity index (χ0) is 14.5. The van der Waals surface area contributed by atoms with Crippen LogP contribution in [0.4, 0.5) is 0 Å². The summed E-state index contributed by atoms with van der Waals surface area (Å²) in [5.74, 6) is 0.0932.